The molecule has 10 rings (SSSR count). The van der Waals surface area contributed by atoms with Gasteiger partial charge in [0.15, 0.2) is 5.82 Å². The first-order valence-corrected chi connectivity index (χ1v) is 15.4. The number of furan rings is 1. The molecular weight excluding hydrogens is 550 g/mol. The second-order valence-corrected chi connectivity index (χ2v) is 12.6. The summed E-state index contributed by atoms with van der Waals surface area (Å²) >= 11 is 0. The summed E-state index contributed by atoms with van der Waals surface area (Å²) in [4.78, 5) is 11.0. The number of nitrogens with zero attached hydrogens (tertiary/aromatic N) is 3. The molecule has 9 aromatic rings. The summed E-state index contributed by atoms with van der Waals surface area (Å²) in [5.41, 5.74) is 9.21. The number of hydrogen-bond donors (Lipinski definition) is 0. The molecule has 0 radical (unpaired) electrons. The van der Waals surface area contributed by atoms with Crippen LogP contribution in [0.4, 0.5) is 0 Å². The molecule has 0 bridgehead atoms. The number of aromatic nitrogens is 3. The number of fused-ring (bicyclic) bond motifs is 10. The highest BCUT2D eigenvalue weighted by Crippen LogP contribution is 2.51. The first-order valence-electron chi connectivity index (χ1n) is 15.4. The van der Waals surface area contributed by atoms with E-state index in [4.69, 9.17) is 14.4 Å². The maximum absolute atomic E-state index is 6.29. The highest BCUT2D eigenvalue weighted by Gasteiger charge is 2.41. The Morgan fingerprint density at radius 3 is 2.16 bits per heavy atom. The zero-order valence-electron chi connectivity index (χ0n) is 24.9. The van der Waals surface area contributed by atoms with Gasteiger partial charge in [-0.2, -0.15) is 0 Å². The summed E-state index contributed by atoms with van der Waals surface area (Å²) in [6, 6.07) is 45.0. The molecule has 0 fully saturated rings. The van der Waals surface area contributed by atoms with Gasteiger partial charge >= 0.3 is 0 Å². The molecule has 45 heavy (non-hydrogen) atoms. The molecule has 4 nitrogen and oxygen atoms in total. The first-order chi connectivity index (χ1) is 22.1. The quantitative estimate of drug-likeness (QED) is 0.205. The van der Waals surface area contributed by atoms with Crippen LogP contribution in [0.1, 0.15) is 25.0 Å². The van der Waals surface area contributed by atoms with Crippen molar-refractivity contribution in [3.63, 3.8) is 0 Å². The Balaban J connectivity index is 1.39. The third kappa shape index (κ3) is 3.26. The molecule has 0 saturated carbocycles. The van der Waals surface area contributed by atoms with E-state index in [-0.39, 0.29) is 5.41 Å². The number of hydrogen-bond acceptors (Lipinski definition) is 3. The van der Waals surface area contributed by atoms with E-state index in [0.29, 0.717) is 5.82 Å². The molecule has 0 atom stereocenters. The second kappa shape index (κ2) is 8.67. The van der Waals surface area contributed by atoms with Crippen molar-refractivity contribution in [1.82, 2.24) is 14.5 Å². The standard InChI is InChI=1S/C41H27N3O/c1-41(2)31-18-8-5-15-27(31)38-37(41)40(43-39(42-38)29-17-11-21-35-36(29)28-16-7-10-20-34(28)45-35)44-32-19-9-6-14-26(32)30-22-24-12-3-4-13-25(24)23-33(30)44/h3-23H,1-2H3. The monoisotopic (exact) mass is 577 g/mol. The number of benzene rings is 6. The van der Waals surface area contributed by atoms with Crippen LogP contribution in [0.3, 0.4) is 0 Å². The van der Waals surface area contributed by atoms with E-state index >= 15 is 0 Å². The lowest BCUT2D eigenvalue weighted by Gasteiger charge is -2.24. The summed E-state index contributed by atoms with van der Waals surface area (Å²) in [7, 11) is 0. The van der Waals surface area contributed by atoms with Crippen molar-refractivity contribution in [2.24, 2.45) is 0 Å². The predicted molar refractivity (Wildman–Crippen MR) is 184 cm³/mol. The topological polar surface area (TPSA) is 43.9 Å². The summed E-state index contributed by atoms with van der Waals surface area (Å²) < 4.78 is 8.67. The molecule has 0 unspecified atom stereocenters. The van der Waals surface area contributed by atoms with Gasteiger partial charge in [-0.3, -0.25) is 4.57 Å². The Bertz CT molecular complexity index is 2690. The zero-order valence-corrected chi connectivity index (χ0v) is 24.9. The molecule has 212 valence electrons. The van der Waals surface area contributed by atoms with Gasteiger partial charge in [0.1, 0.15) is 17.0 Å². The maximum atomic E-state index is 6.29. The van der Waals surface area contributed by atoms with Crippen molar-refractivity contribution in [2.45, 2.75) is 19.3 Å². The molecule has 4 heteroatoms. The molecule has 1 aliphatic rings. The summed E-state index contributed by atoms with van der Waals surface area (Å²) in [6.45, 7) is 4.61. The fraction of sp³-hybridized carbons (Fsp3) is 0.0732. The Labute approximate surface area is 259 Å². The summed E-state index contributed by atoms with van der Waals surface area (Å²) in [5.74, 6) is 1.61. The molecule has 6 aromatic carbocycles. The minimum atomic E-state index is -0.303. The van der Waals surface area contributed by atoms with Crippen molar-refractivity contribution in [3.8, 4) is 28.5 Å². The lowest BCUT2D eigenvalue weighted by Crippen LogP contribution is -2.19. The fourth-order valence-corrected chi connectivity index (χ4v) is 7.72. The van der Waals surface area contributed by atoms with Crippen molar-refractivity contribution in [1.29, 1.82) is 0 Å². The minimum absolute atomic E-state index is 0.303. The van der Waals surface area contributed by atoms with Crippen LogP contribution >= 0.6 is 0 Å². The van der Waals surface area contributed by atoms with Gasteiger partial charge in [0.05, 0.1) is 16.7 Å². The van der Waals surface area contributed by atoms with Gasteiger partial charge in [-0.1, -0.05) is 111 Å². The van der Waals surface area contributed by atoms with Gasteiger partial charge in [0.25, 0.3) is 0 Å². The third-order valence-electron chi connectivity index (χ3n) is 9.77. The molecule has 0 amide bonds. The minimum Gasteiger partial charge on any atom is -0.456 e. The Morgan fingerprint density at radius 1 is 0.578 bits per heavy atom. The maximum Gasteiger partial charge on any atom is 0.162 e. The van der Waals surface area contributed by atoms with Gasteiger partial charge in [0.2, 0.25) is 0 Å². The molecule has 0 N–H and O–H groups in total. The zero-order chi connectivity index (χ0) is 29.9. The normalized spacial score (nSPS) is 13.7. The van der Waals surface area contributed by atoms with E-state index in [1.54, 1.807) is 0 Å². The summed E-state index contributed by atoms with van der Waals surface area (Å²) in [5, 5.41) is 6.97. The van der Waals surface area contributed by atoms with Gasteiger partial charge in [-0.05, 0) is 46.7 Å². The SMILES string of the molecule is CC1(C)c2ccccc2-c2nc(-c3cccc4oc5ccccc5c34)nc(-n3c4ccccc4c4cc5ccccc5cc43)c21. The van der Waals surface area contributed by atoms with Crippen molar-refractivity contribution in [3.05, 3.63) is 139 Å². The van der Waals surface area contributed by atoms with E-state index < -0.39 is 0 Å². The molecule has 1 aliphatic carbocycles. The van der Waals surface area contributed by atoms with Crippen molar-refractivity contribution in [2.75, 3.05) is 0 Å². The molecule has 0 aliphatic heterocycles. The first kappa shape index (κ1) is 24.7. The summed E-state index contributed by atoms with van der Waals surface area (Å²) in [6.07, 6.45) is 0. The van der Waals surface area contributed by atoms with Crippen LogP contribution in [0, 0.1) is 0 Å². The smallest absolute Gasteiger partial charge is 0.162 e. The van der Waals surface area contributed by atoms with Crippen LogP contribution in [0.15, 0.2) is 132 Å². The van der Waals surface area contributed by atoms with Gasteiger partial charge in [-0.25, -0.2) is 9.97 Å². The van der Waals surface area contributed by atoms with Crippen LogP contribution in [-0.4, -0.2) is 14.5 Å². The molecule has 0 saturated heterocycles. The van der Waals surface area contributed by atoms with E-state index in [9.17, 15) is 0 Å². The molecule has 0 spiro atoms. The highest BCUT2D eigenvalue weighted by atomic mass is 16.3. The Hall–Kier alpha value is -5.74. The number of para-hydroxylation sites is 2. The Kier molecular flexibility index (Phi) is 4.76. The van der Waals surface area contributed by atoms with Gasteiger partial charge in [0, 0.05) is 43.7 Å². The van der Waals surface area contributed by atoms with E-state index in [2.05, 4.69) is 122 Å². The average Bonchev–Trinajstić information content (AvgIpc) is 3.69. The predicted octanol–water partition coefficient (Wildman–Crippen LogP) is 10.6. The largest absolute Gasteiger partial charge is 0.456 e. The van der Waals surface area contributed by atoms with Crippen LogP contribution in [0.5, 0.6) is 0 Å². The molecular formula is C41H27N3O. The Morgan fingerprint density at radius 2 is 1.27 bits per heavy atom. The van der Waals surface area contributed by atoms with Crippen LogP contribution in [-0.2, 0) is 5.41 Å². The van der Waals surface area contributed by atoms with Crippen molar-refractivity contribution >= 4 is 54.5 Å². The fourth-order valence-electron chi connectivity index (χ4n) is 7.72. The van der Waals surface area contributed by atoms with Crippen LogP contribution < -0.4 is 0 Å². The van der Waals surface area contributed by atoms with E-state index in [1.165, 1.54) is 27.1 Å². The van der Waals surface area contributed by atoms with Crippen LogP contribution in [0.2, 0.25) is 0 Å². The molecule has 3 heterocycles. The lowest BCUT2D eigenvalue weighted by atomic mass is 9.82. The highest BCUT2D eigenvalue weighted by molar-refractivity contribution is 6.14. The van der Waals surface area contributed by atoms with E-state index in [0.717, 1.165) is 61.2 Å². The van der Waals surface area contributed by atoms with Crippen LogP contribution in [0.25, 0.3) is 83.0 Å². The second-order valence-electron chi connectivity index (χ2n) is 12.6. The van der Waals surface area contributed by atoms with E-state index in [1.807, 2.05) is 24.3 Å². The van der Waals surface area contributed by atoms with Gasteiger partial charge < -0.3 is 4.42 Å². The lowest BCUT2D eigenvalue weighted by molar-refractivity contribution is 0.650. The number of rotatable bonds is 2. The van der Waals surface area contributed by atoms with Gasteiger partial charge in [-0.15, -0.1) is 0 Å². The van der Waals surface area contributed by atoms with Crippen molar-refractivity contribution < 1.29 is 4.42 Å². The third-order valence-corrected chi connectivity index (χ3v) is 9.77. The average molecular weight is 578 g/mol. The molecule has 3 aromatic heterocycles.